The smallest absolute Gasteiger partial charge is 0.336 e. The van der Waals surface area contributed by atoms with E-state index in [0.29, 0.717) is 18.9 Å². The van der Waals surface area contributed by atoms with Gasteiger partial charge in [0.1, 0.15) is 0 Å². The van der Waals surface area contributed by atoms with Gasteiger partial charge in [0.2, 0.25) is 0 Å². The predicted octanol–water partition coefficient (Wildman–Crippen LogP) is 0.0808. The summed E-state index contributed by atoms with van der Waals surface area (Å²) in [5.41, 5.74) is 1.11. The Balaban J connectivity index is 2.29. The molecule has 0 atom stereocenters. The van der Waals surface area contributed by atoms with Gasteiger partial charge in [-0.1, -0.05) is 18.2 Å². The average Bonchev–Trinajstić information content (AvgIpc) is 2.30. The number of carbonyl (C=O) groups is 1. The van der Waals surface area contributed by atoms with E-state index in [-0.39, 0.29) is 6.17 Å². The largest absolute Gasteiger partial charge is 0.478 e. The summed E-state index contributed by atoms with van der Waals surface area (Å²) >= 11 is 0. The highest BCUT2D eigenvalue weighted by atomic mass is 16.4. The van der Waals surface area contributed by atoms with E-state index in [1.807, 2.05) is 12.1 Å². The topological polar surface area (TPSA) is 73.4 Å². The molecule has 0 saturated carbocycles. The van der Waals surface area contributed by atoms with E-state index >= 15 is 0 Å². The zero-order valence-corrected chi connectivity index (χ0v) is 8.16. The molecule has 2 rings (SSSR count). The lowest BCUT2D eigenvalue weighted by atomic mass is 10.0. The molecule has 1 aliphatic heterocycles. The van der Waals surface area contributed by atoms with Gasteiger partial charge in [-0.05, 0) is 11.6 Å². The van der Waals surface area contributed by atoms with Crippen LogP contribution in [0.15, 0.2) is 24.3 Å². The van der Waals surface area contributed by atoms with Crippen molar-refractivity contribution in [3.8, 4) is 0 Å². The molecule has 0 unspecified atom stereocenters. The zero-order chi connectivity index (χ0) is 10.7. The molecule has 1 aromatic rings. The number of carboxylic acids is 1. The van der Waals surface area contributed by atoms with Crippen molar-refractivity contribution in [2.24, 2.45) is 0 Å². The highest BCUT2D eigenvalue weighted by Crippen LogP contribution is 2.16. The van der Waals surface area contributed by atoms with Crippen LogP contribution in [0.4, 0.5) is 0 Å². The average molecular weight is 207 g/mol. The Labute approximate surface area is 87.5 Å². The fourth-order valence-electron chi connectivity index (χ4n) is 1.65. The molecule has 4 N–H and O–H groups in total. The maximum absolute atomic E-state index is 11.0. The van der Waals surface area contributed by atoms with Gasteiger partial charge in [-0.2, -0.15) is 0 Å². The number of hydrogen-bond donors (Lipinski definition) is 4. The van der Waals surface area contributed by atoms with Crippen molar-refractivity contribution in [1.82, 2.24) is 16.0 Å². The lowest BCUT2D eigenvalue weighted by molar-refractivity contribution is 0.0694. The third-order valence-corrected chi connectivity index (χ3v) is 2.36. The minimum absolute atomic E-state index is 0.0986. The molecule has 1 fully saturated rings. The van der Waals surface area contributed by atoms with Crippen LogP contribution in [0, 0.1) is 0 Å². The number of benzene rings is 1. The van der Waals surface area contributed by atoms with Crippen molar-refractivity contribution in [2.45, 2.75) is 6.17 Å². The van der Waals surface area contributed by atoms with Crippen LogP contribution in [0.3, 0.4) is 0 Å². The van der Waals surface area contributed by atoms with Crippen molar-refractivity contribution in [3.63, 3.8) is 0 Å². The van der Waals surface area contributed by atoms with Crippen LogP contribution in [0.1, 0.15) is 22.1 Å². The number of aromatic carboxylic acids is 1. The summed E-state index contributed by atoms with van der Waals surface area (Å²) in [5.74, 6) is -0.896. The van der Waals surface area contributed by atoms with Crippen LogP contribution in [-0.4, -0.2) is 24.4 Å². The van der Waals surface area contributed by atoms with Crippen LogP contribution in [-0.2, 0) is 0 Å². The Hall–Kier alpha value is -1.43. The van der Waals surface area contributed by atoms with E-state index < -0.39 is 5.97 Å². The van der Waals surface area contributed by atoms with Crippen LogP contribution >= 0.6 is 0 Å². The second-order valence-corrected chi connectivity index (χ2v) is 3.34. The van der Waals surface area contributed by atoms with Gasteiger partial charge in [0.15, 0.2) is 0 Å². The van der Waals surface area contributed by atoms with Crippen LogP contribution < -0.4 is 16.0 Å². The zero-order valence-electron chi connectivity index (χ0n) is 8.16. The van der Waals surface area contributed by atoms with Gasteiger partial charge in [0.05, 0.1) is 11.7 Å². The molecule has 5 heteroatoms. The first kappa shape index (κ1) is 10.1. The van der Waals surface area contributed by atoms with Crippen molar-refractivity contribution in [3.05, 3.63) is 35.4 Å². The Morgan fingerprint density at radius 3 is 2.60 bits per heavy atom. The van der Waals surface area contributed by atoms with E-state index in [0.717, 1.165) is 5.56 Å². The summed E-state index contributed by atoms with van der Waals surface area (Å²) < 4.78 is 0. The van der Waals surface area contributed by atoms with Crippen LogP contribution in [0.2, 0.25) is 0 Å². The molecule has 1 aromatic carbocycles. The molecule has 0 aromatic heterocycles. The second-order valence-electron chi connectivity index (χ2n) is 3.34. The lowest BCUT2D eigenvalue weighted by Gasteiger charge is -2.27. The molecule has 1 saturated heterocycles. The van der Waals surface area contributed by atoms with Gasteiger partial charge in [0, 0.05) is 13.3 Å². The Bertz CT molecular complexity index is 361. The quantitative estimate of drug-likeness (QED) is 0.553. The Morgan fingerprint density at radius 1 is 1.27 bits per heavy atom. The first-order chi connectivity index (χ1) is 7.29. The predicted molar refractivity (Wildman–Crippen MR) is 55.3 cm³/mol. The molecule has 0 amide bonds. The van der Waals surface area contributed by atoms with Gasteiger partial charge >= 0.3 is 5.97 Å². The summed E-state index contributed by atoms with van der Waals surface area (Å²) in [4.78, 5) is 11.0. The van der Waals surface area contributed by atoms with Crippen molar-refractivity contribution >= 4 is 5.97 Å². The monoisotopic (exact) mass is 207 g/mol. The van der Waals surface area contributed by atoms with Crippen molar-refractivity contribution < 1.29 is 9.90 Å². The van der Waals surface area contributed by atoms with E-state index in [2.05, 4.69) is 16.0 Å². The van der Waals surface area contributed by atoms with E-state index in [1.54, 1.807) is 12.1 Å². The van der Waals surface area contributed by atoms with E-state index in [1.165, 1.54) is 0 Å². The molecule has 1 aliphatic rings. The second kappa shape index (κ2) is 4.39. The molecule has 0 radical (unpaired) electrons. The first-order valence-corrected chi connectivity index (χ1v) is 4.79. The minimum Gasteiger partial charge on any atom is -0.478 e. The van der Waals surface area contributed by atoms with E-state index in [9.17, 15) is 4.79 Å². The molecule has 80 valence electrons. The Kier molecular flexibility index (Phi) is 2.96. The fourth-order valence-corrected chi connectivity index (χ4v) is 1.65. The summed E-state index contributed by atoms with van der Waals surface area (Å²) in [6.07, 6.45) is -0.0986. The number of hydrogen-bond acceptors (Lipinski definition) is 4. The molecule has 0 spiro atoms. The Morgan fingerprint density at radius 2 is 1.93 bits per heavy atom. The summed E-state index contributed by atoms with van der Waals surface area (Å²) in [6, 6.07) is 7.00. The van der Waals surface area contributed by atoms with Gasteiger partial charge in [-0.3, -0.25) is 16.0 Å². The number of nitrogens with one attached hydrogen (secondary N) is 3. The lowest BCUT2D eigenvalue weighted by Crippen LogP contribution is -2.50. The highest BCUT2D eigenvalue weighted by Gasteiger charge is 2.19. The van der Waals surface area contributed by atoms with Gasteiger partial charge in [-0.25, -0.2) is 4.79 Å². The molecule has 1 heterocycles. The molecule has 0 bridgehead atoms. The molecule has 5 nitrogen and oxygen atoms in total. The highest BCUT2D eigenvalue weighted by molar-refractivity contribution is 5.89. The molecule has 0 aliphatic carbocycles. The van der Waals surface area contributed by atoms with Crippen molar-refractivity contribution in [1.29, 1.82) is 0 Å². The number of rotatable bonds is 2. The normalized spacial score (nSPS) is 17.6. The van der Waals surface area contributed by atoms with Gasteiger partial charge in [-0.15, -0.1) is 0 Å². The van der Waals surface area contributed by atoms with Crippen molar-refractivity contribution in [2.75, 3.05) is 13.3 Å². The summed E-state index contributed by atoms with van der Waals surface area (Å²) in [5, 5.41) is 18.4. The maximum atomic E-state index is 11.0. The molecule has 15 heavy (non-hydrogen) atoms. The maximum Gasteiger partial charge on any atom is 0.336 e. The van der Waals surface area contributed by atoms with Crippen LogP contribution in [0.5, 0.6) is 0 Å². The first-order valence-electron chi connectivity index (χ1n) is 4.79. The number of carboxylic acid groups (broad SMARTS) is 1. The summed E-state index contributed by atoms with van der Waals surface area (Å²) in [7, 11) is 0. The van der Waals surface area contributed by atoms with Gasteiger partial charge < -0.3 is 5.11 Å². The van der Waals surface area contributed by atoms with Crippen LogP contribution in [0.25, 0.3) is 0 Å². The SMILES string of the molecule is O=C(O)c1ccccc1C1NCNCN1. The van der Waals surface area contributed by atoms with E-state index in [4.69, 9.17) is 5.11 Å². The third-order valence-electron chi connectivity index (χ3n) is 2.36. The standard InChI is InChI=1S/C10H13N3O2/c14-10(15)8-4-2-1-3-7(8)9-12-5-11-6-13-9/h1-4,9,11-13H,5-6H2,(H,14,15). The summed E-state index contributed by atoms with van der Waals surface area (Å²) in [6.45, 7) is 1.34. The van der Waals surface area contributed by atoms with Gasteiger partial charge in [0.25, 0.3) is 0 Å². The molecular formula is C10H13N3O2. The molecular weight excluding hydrogens is 194 g/mol. The fraction of sp³-hybridized carbons (Fsp3) is 0.300. The third kappa shape index (κ3) is 2.15. The minimum atomic E-state index is -0.896.